The Hall–Kier alpha value is -1.42. The Labute approximate surface area is 125 Å². The van der Waals surface area contributed by atoms with Crippen molar-refractivity contribution in [1.82, 2.24) is 10.2 Å². The van der Waals surface area contributed by atoms with Crippen LogP contribution in [0.15, 0.2) is 24.3 Å². The topological polar surface area (TPSA) is 32.3 Å². The Kier molecular flexibility index (Phi) is 3.98. The zero-order valence-electron chi connectivity index (χ0n) is 12.7. The van der Waals surface area contributed by atoms with Gasteiger partial charge in [-0.25, -0.2) is 4.39 Å². The quantitative estimate of drug-likeness (QED) is 0.927. The molecule has 1 saturated carbocycles. The molecule has 4 heteroatoms. The minimum Gasteiger partial charge on any atom is -0.318 e. The number of amides is 1. The number of carbonyl (C=O) groups is 1. The number of carbonyl (C=O) groups excluding carboxylic acids is 1. The van der Waals surface area contributed by atoms with Crippen LogP contribution in [0.5, 0.6) is 0 Å². The van der Waals surface area contributed by atoms with E-state index in [9.17, 15) is 9.18 Å². The Morgan fingerprint density at radius 3 is 2.62 bits per heavy atom. The summed E-state index contributed by atoms with van der Waals surface area (Å²) in [5.74, 6) is 0.374. The lowest BCUT2D eigenvalue weighted by atomic mass is 9.97. The van der Waals surface area contributed by atoms with E-state index in [0.717, 1.165) is 0 Å². The van der Waals surface area contributed by atoms with E-state index < -0.39 is 0 Å². The number of hydrogen-bond acceptors (Lipinski definition) is 2. The van der Waals surface area contributed by atoms with Gasteiger partial charge < -0.3 is 4.90 Å². The van der Waals surface area contributed by atoms with E-state index >= 15 is 0 Å². The van der Waals surface area contributed by atoms with Crippen molar-refractivity contribution in [2.45, 2.75) is 57.8 Å². The summed E-state index contributed by atoms with van der Waals surface area (Å²) in [7, 11) is 0. The summed E-state index contributed by atoms with van der Waals surface area (Å²) in [5, 5.41) is 3.25. The lowest BCUT2D eigenvalue weighted by Crippen LogP contribution is -2.42. The zero-order chi connectivity index (χ0) is 15.0. The van der Waals surface area contributed by atoms with Crippen LogP contribution in [0.2, 0.25) is 0 Å². The van der Waals surface area contributed by atoms with Crippen molar-refractivity contribution in [3.8, 4) is 0 Å². The molecule has 2 aliphatic rings. The third-order valence-corrected chi connectivity index (χ3v) is 5.03. The molecule has 3 nitrogen and oxygen atoms in total. The molecule has 0 aromatic heterocycles. The lowest BCUT2D eigenvalue weighted by Gasteiger charge is -2.34. The van der Waals surface area contributed by atoms with Crippen LogP contribution in [-0.2, 0) is 4.79 Å². The summed E-state index contributed by atoms with van der Waals surface area (Å²) in [5.41, 5.74) is 0.569. The largest absolute Gasteiger partial charge is 0.318 e. The van der Waals surface area contributed by atoms with Crippen LogP contribution >= 0.6 is 0 Å². The molecule has 2 fully saturated rings. The molecule has 1 aliphatic heterocycles. The average Bonchev–Trinajstić information content (AvgIpc) is 3.09. The van der Waals surface area contributed by atoms with E-state index in [-0.39, 0.29) is 30.0 Å². The fourth-order valence-electron chi connectivity index (χ4n) is 3.78. The summed E-state index contributed by atoms with van der Waals surface area (Å²) in [4.78, 5) is 14.4. The van der Waals surface area contributed by atoms with Gasteiger partial charge in [0.2, 0.25) is 5.91 Å². The molecule has 3 rings (SSSR count). The van der Waals surface area contributed by atoms with E-state index in [1.54, 1.807) is 12.1 Å². The summed E-state index contributed by atoms with van der Waals surface area (Å²) >= 11 is 0. The summed E-state index contributed by atoms with van der Waals surface area (Å²) in [6.07, 6.45) is 4.48. The second-order valence-electron chi connectivity index (χ2n) is 6.34. The number of halogens is 1. The molecule has 1 aromatic rings. The van der Waals surface area contributed by atoms with Crippen molar-refractivity contribution >= 4 is 5.91 Å². The molecule has 1 saturated heterocycles. The number of nitrogens with zero attached hydrogens (tertiary/aromatic N) is 1. The third-order valence-electron chi connectivity index (χ3n) is 5.03. The van der Waals surface area contributed by atoms with Gasteiger partial charge in [0.15, 0.2) is 0 Å². The first-order valence-corrected chi connectivity index (χ1v) is 7.92. The van der Waals surface area contributed by atoms with Gasteiger partial charge in [-0.2, -0.15) is 0 Å². The van der Waals surface area contributed by atoms with Crippen LogP contribution in [0.4, 0.5) is 4.39 Å². The van der Waals surface area contributed by atoms with Gasteiger partial charge in [0.25, 0.3) is 0 Å². The lowest BCUT2D eigenvalue weighted by molar-refractivity contribution is -0.132. The standard InChI is InChI=1S/C17H23FN2O/c1-11-17(21)20(12(2)13-7-3-4-8-13)16(19-11)14-9-5-6-10-15(14)18/h5-6,9-13,16,19H,3-4,7-8H2,1-2H3. The molecule has 21 heavy (non-hydrogen) atoms. The highest BCUT2D eigenvalue weighted by molar-refractivity contribution is 5.84. The van der Waals surface area contributed by atoms with E-state index in [1.165, 1.54) is 31.7 Å². The van der Waals surface area contributed by atoms with Crippen LogP contribution in [-0.4, -0.2) is 22.9 Å². The van der Waals surface area contributed by atoms with Gasteiger partial charge in [0.05, 0.1) is 6.04 Å². The van der Waals surface area contributed by atoms with Gasteiger partial charge in [-0.05, 0) is 38.7 Å². The van der Waals surface area contributed by atoms with Crippen LogP contribution in [0.3, 0.4) is 0 Å². The maximum absolute atomic E-state index is 14.1. The fourth-order valence-corrected chi connectivity index (χ4v) is 3.78. The minimum absolute atomic E-state index is 0.0858. The number of rotatable bonds is 3. The van der Waals surface area contributed by atoms with E-state index in [4.69, 9.17) is 0 Å². The number of benzene rings is 1. The van der Waals surface area contributed by atoms with Gasteiger partial charge in [-0.3, -0.25) is 10.1 Å². The molecule has 1 aliphatic carbocycles. The third kappa shape index (κ3) is 2.57. The normalized spacial score (nSPS) is 28.3. The molecule has 3 unspecified atom stereocenters. The molecule has 0 bridgehead atoms. The molecule has 3 atom stereocenters. The molecule has 1 amide bonds. The van der Waals surface area contributed by atoms with Crippen LogP contribution in [0, 0.1) is 11.7 Å². The van der Waals surface area contributed by atoms with E-state index in [0.29, 0.717) is 11.5 Å². The first-order chi connectivity index (χ1) is 10.1. The Bertz CT molecular complexity index is 527. The maximum atomic E-state index is 14.1. The fraction of sp³-hybridized carbons (Fsp3) is 0.588. The Morgan fingerprint density at radius 2 is 1.95 bits per heavy atom. The summed E-state index contributed by atoms with van der Waals surface area (Å²) in [6, 6.07) is 6.64. The van der Waals surface area contributed by atoms with Gasteiger partial charge in [-0.15, -0.1) is 0 Å². The van der Waals surface area contributed by atoms with E-state index in [2.05, 4.69) is 12.2 Å². The van der Waals surface area contributed by atoms with Crippen LogP contribution in [0.25, 0.3) is 0 Å². The van der Waals surface area contributed by atoms with Gasteiger partial charge >= 0.3 is 0 Å². The first kappa shape index (κ1) is 14.5. The molecule has 1 N–H and O–H groups in total. The van der Waals surface area contributed by atoms with Gasteiger partial charge in [0, 0.05) is 11.6 Å². The van der Waals surface area contributed by atoms with Crippen LogP contribution in [0.1, 0.15) is 51.3 Å². The Balaban J connectivity index is 1.91. The highest BCUT2D eigenvalue weighted by Crippen LogP contribution is 2.36. The number of hydrogen-bond donors (Lipinski definition) is 1. The van der Waals surface area contributed by atoms with Crippen molar-refractivity contribution in [2.75, 3.05) is 0 Å². The SMILES string of the molecule is CC1NC(c2ccccc2F)N(C(C)C2CCCC2)C1=O. The number of nitrogens with one attached hydrogen (secondary N) is 1. The first-order valence-electron chi connectivity index (χ1n) is 7.92. The van der Waals surface area contributed by atoms with Crippen molar-refractivity contribution in [3.63, 3.8) is 0 Å². The van der Waals surface area contributed by atoms with E-state index in [1.807, 2.05) is 17.9 Å². The second-order valence-corrected chi connectivity index (χ2v) is 6.34. The molecular weight excluding hydrogens is 267 g/mol. The highest BCUT2D eigenvalue weighted by Gasteiger charge is 2.43. The monoisotopic (exact) mass is 290 g/mol. The predicted molar refractivity (Wildman–Crippen MR) is 80.0 cm³/mol. The highest BCUT2D eigenvalue weighted by atomic mass is 19.1. The molecule has 0 spiro atoms. The Morgan fingerprint density at radius 1 is 1.29 bits per heavy atom. The maximum Gasteiger partial charge on any atom is 0.241 e. The molecule has 1 aromatic carbocycles. The van der Waals surface area contributed by atoms with Crippen molar-refractivity contribution in [2.24, 2.45) is 5.92 Å². The smallest absolute Gasteiger partial charge is 0.241 e. The average molecular weight is 290 g/mol. The molecular formula is C17H23FN2O. The zero-order valence-corrected chi connectivity index (χ0v) is 12.7. The van der Waals surface area contributed by atoms with Crippen molar-refractivity contribution in [1.29, 1.82) is 0 Å². The van der Waals surface area contributed by atoms with Crippen LogP contribution < -0.4 is 5.32 Å². The summed E-state index contributed by atoms with van der Waals surface area (Å²) < 4.78 is 14.1. The molecule has 114 valence electrons. The molecule has 0 radical (unpaired) electrons. The van der Waals surface area contributed by atoms with Gasteiger partial charge in [-0.1, -0.05) is 31.0 Å². The second kappa shape index (κ2) is 5.76. The van der Waals surface area contributed by atoms with Crippen molar-refractivity contribution in [3.05, 3.63) is 35.6 Å². The molecule has 1 heterocycles. The summed E-state index contributed by atoms with van der Waals surface area (Å²) in [6.45, 7) is 3.97. The predicted octanol–water partition coefficient (Wildman–Crippen LogP) is 3.22. The van der Waals surface area contributed by atoms with Crippen molar-refractivity contribution < 1.29 is 9.18 Å². The minimum atomic E-state index is -0.343. The van der Waals surface area contributed by atoms with Gasteiger partial charge in [0.1, 0.15) is 12.0 Å².